The van der Waals surface area contributed by atoms with Gasteiger partial charge in [0, 0.05) is 4.75 Å². The molecule has 64 valence electrons. The molecule has 11 heavy (non-hydrogen) atoms. The Morgan fingerprint density at radius 3 is 1.91 bits per heavy atom. The van der Waals surface area contributed by atoms with Crippen molar-refractivity contribution in [3.63, 3.8) is 0 Å². The molecule has 0 radical (unpaired) electrons. The zero-order chi connectivity index (χ0) is 7.57. The Kier molecular flexibility index (Phi) is 2.45. The molecule has 0 aromatic heterocycles. The van der Waals surface area contributed by atoms with E-state index in [2.05, 4.69) is 11.8 Å². The first-order chi connectivity index (χ1) is 5.41. The summed E-state index contributed by atoms with van der Waals surface area (Å²) >= 11 is 2.28. The third kappa shape index (κ3) is 1.74. The lowest BCUT2D eigenvalue weighted by Gasteiger charge is -2.25. The van der Waals surface area contributed by atoms with Crippen LogP contribution in [0.1, 0.15) is 51.4 Å². The van der Waals surface area contributed by atoms with E-state index in [-0.39, 0.29) is 0 Å². The van der Waals surface area contributed by atoms with Crippen molar-refractivity contribution >= 4 is 11.8 Å². The van der Waals surface area contributed by atoms with Gasteiger partial charge in [0.15, 0.2) is 0 Å². The molecule has 2 fully saturated rings. The van der Waals surface area contributed by atoms with E-state index in [1.807, 2.05) is 0 Å². The zero-order valence-electron chi connectivity index (χ0n) is 7.27. The lowest BCUT2D eigenvalue weighted by Crippen LogP contribution is -2.19. The Hall–Kier alpha value is 0.350. The maximum absolute atomic E-state index is 2.28. The molecule has 1 heteroatoms. The maximum Gasteiger partial charge on any atom is 0.0160 e. The fourth-order valence-corrected chi connectivity index (χ4v) is 4.11. The van der Waals surface area contributed by atoms with E-state index in [9.17, 15) is 0 Å². The molecule has 1 aliphatic carbocycles. The van der Waals surface area contributed by atoms with Crippen LogP contribution in [0.3, 0.4) is 0 Å². The van der Waals surface area contributed by atoms with Gasteiger partial charge in [-0.2, -0.15) is 11.8 Å². The summed E-state index contributed by atoms with van der Waals surface area (Å²) in [6.07, 6.45) is 12.1. The van der Waals surface area contributed by atoms with Crippen molar-refractivity contribution in [2.24, 2.45) is 0 Å². The summed E-state index contributed by atoms with van der Waals surface area (Å²) in [5.74, 6) is 1.44. The Morgan fingerprint density at radius 1 is 0.727 bits per heavy atom. The Bertz CT molecular complexity index is 115. The molecule has 1 saturated carbocycles. The summed E-state index contributed by atoms with van der Waals surface area (Å²) < 4.78 is 0.774. The second kappa shape index (κ2) is 3.38. The normalized spacial score (nSPS) is 30.5. The van der Waals surface area contributed by atoms with E-state index >= 15 is 0 Å². The number of thioether (sulfide) groups is 1. The van der Waals surface area contributed by atoms with Crippen LogP contribution in [0.2, 0.25) is 0 Å². The summed E-state index contributed by atoms with van der Waals surface area (Å²) in [7, 11) is 0. The first-order valence-corrected chi connectivity index (χ1v) is 6.04. The fraction of sp³-hybridized carbons (Fsp3) is 1.00. The van der Waals surface area contributed by atoms with Gasteiger partial charge in [-0.1, -0.05) is 25.7 Å². The van der Waals surface area contributed by atoms with Crippen LogP contribution in [0.4, 0.5) is 0 Å². The summed E-state index contributed by atoms with van der Waals surface area (Å²) in [6.45, 7) is 0. The van der Waals surface area contributed by atoms with Crippen LogP contribution in [-0.2, 0) is 0 Å². The van der Waals surface area contributed by atoms with E-state index in [0.717, 1.165) is 4.75 Å². The molecule has 1 saturated heterocycles. The molecule has 2 rings (SSSR count). The highest BCUT2D eigenvalue weighted by Gasteiger charge is 2.34. The SMILES string of the molecule is C1CCCC2(CC1)CCCS2. The summed E-state index contributed by atoms with van der Waals surface area (Å²) in [4.78, 5) is 0. The second-order valence-corrected chi connectivity index (χ2v) is 5.61. The summed E-state index contributed by atoms with van der Waals surface area (Å²) in [5, 5.41) is 0. The van der Waals surface area contributed by atoms with Gasteiger partial charge in [-0.05, 0) is 31.4 Å². The van der Waals surface area contributed by atoms with Gasteiger partial charge in [0.1, 0.15) is 0 Å². The topological polar surface area (TPSA) is 0 Å². The van der Waals surface area contributed by atoms with Crippen molar-refractivity contribution in [3.8, 4) is 0 Å². The molecule has 0 aromatic rings. The highest BCUT2D eigenvalue weighted by Crippen LogP contribution is 2.47. The lowest BCUT2D eigenvalue weighted by molar-refractivity contribution is 0.493. The van der Waals surface area contributed by atoms with Gasteiger partial charge in [-0.3, -0.25) is 0 Å². The average Bonchev–Trinajstić information content (AvgIpc) is 2.32. The first-order valence-electron chi connectivity index (χ1n) is 5.05. The predicted octanol–water partition coefficient (Wildman–Crippen LogP) is 3.61. The maximum atomic E-state index is 2.28. The Labute approximate surface area is 74.1 Å². The molecule has 0 bridgehead atoms. The number of hydrogen-bond donors (Lipinski definition) is 0. The highest BCUT2D eigenvalue weighted by molar-refractivity contribution is 8.00. The van der Waals surface area contributed by atoms with E-state index in [1.54, 1.807) is 0 Å². The van der Waals surface area contributed by atoms with Gasteiger partial charge in [0.25, 0.3) is 0 Å². The molecule has 1 heterocycles. The van der Waals surface area contributed by atoms with E-state index < -0.39 is 0 Å². The van der Waals surface area contributed by atoms with Crippen LogP contribution in [0.15, 0.2) is 0 Å². The molecular formula is C10H18S. The van der Waals surface area contributed by atoms with Crippen molar-refractivity contribution in [3.05, 3.63) is 0 Å². The van der Waals surface area contributed by atoms with Gasteiger partial charge in [0.2, 0.25) is 0 Å². The summed E-state index contributed by atoms with van der Waals surface area (Å²) in [5.41, 5.74) is 0. The quantitative estimate of drug-likeness (QED) is 0.535. The van der Waals surface area contributed by atoms with Crippen LogP contribution in [-0.4, -0.2) is 10.5 Å². The van der Waals surface area contributed by atoms with Crippen molar-refractivity contribution < 1.29 is 0 Å². The average molecular weight is 170 g/mol. The van der Waals surface area contributed by atoms with Gasteiger partial charge in [0.05, 0.1) is 0 Å². The van der Waals surface area contributed by atoms with Crippen LogP contribution in [0.5, 0.6) is 0 Å². The minimum absolute atomic E-state index is 0.774. The Morgan fingerprint density at radius 2 is 1.36 bits per heavy atom. The highest BCUT2D eigenvalue weighted by atomic mass is 32.2. The van der Waals surface area contributed by atoms with Crippen LogP contribution < -0.4 is 0 Å². The van der Waals surface area contributed by atoms with Crippen molar-refractivity contribution in [1.29, 1.82) is 0 Å². The number of hydrogen-bond acceptors (Lipinski definition) is 1. The third-order valence-corrected chi connectivity index (χ3v) is 4.92. The van der Waals surface area contributed by atoms with Gasteiger partial charge in [-0.15, -0.1) is 0 Å². The zero-order valence-corrected chi connectivity index (χ0v) is 8.09. The molecule has 1 spiro atoms. The van der Waals surface area contributed by atoms with Gasteiger partial charge >= 0.3 is 0 Å². The fourth-order valence-electron chi connectivity index (χ4n) is 2.52. The van der Waals surface area contributed by atoms with Gasteiger partial charge in [-0.25, -0.2) is 0 Å². The van der Waals surface area contributed by atoms with E-state index in [0.29, 0.717) is 0 Å². The van der Waals surface area contributed by atoms with Crippen LogP contribution in [0.25, 0.3) is 0 Å². The number of rotatable bonds is 0. The van der Waals surface area contributed by atoms with Crippen molar-refractivity contribution in [2.75, 3.05) is 5.75 Å². The van der Waals surface area contributed by atoms with Crippen LogP contribution in [0, 0.1) is 0 Å². The molecule has 0 amide bonds. The van der Waals surface area contributed by atoms with E-state index in [1.165, 1.54) is 57.1 Å². The molecule has 0 unspecified atom stereocenters. The standard InChI is InChI=1S/C10H18S/c1-2-4-7-10(6-3-1)8-5-9-11-10/h1-9H2. The molecule has 2 aliphatic rings. The molecule has 0 atom stereocenters. The molecule has 1 aliphatic heterocycles. The van der Waals surface area contributed by atoms with Gasteiger partial charge < -0.3 is 0 Å². The molecule has 0 aromatic carbocycles. The minimum Gasteiger partial charge on any atom is -0.155 e. The predicted molar refractivity (Wildman–Crippen MR) is 52.1 cm³/mol. The van der Waals surface area contributed by atoms with E-state index in [4.69, 9.17) is 0 Å². The lowest BCUT2D eigenvalue weighted by atomic mass is 9.95. The molecular weight excluding hydrogens is 152 g/mol. The van der Waals surface area contributed by atoms with Crippen LogP contribution >= 0.6 is 11.8 Å². The Balaban J connectivity index is 1.97. The van der Waals surface area contributed by atoms with Crippen molar-refractivity contribution in [2.45, 2.75) is 56.1 Å². The minimum atomic E-state index is 0.774. The molecule has 0 nitrogen and oxygen atoms in total. The van der Waals surface area contributed by atoms with Crippen molar-refractivity contribution in [1.82, 2.24) is 0 Å². The third-order valence-electron chi connectivity index (χ3n) is 3.20. The smallest absolute Gasteiger partial charge is 0.0160 e. The largest absolute Gasteiger partial charge is 0.155 e. The monoisotopic (exact) mass is 170 g/mol. The first kappa shape index (κ1) is 7.97. The second-order valence-electron chi connectivity index (χ2n) is 4.05. The molecule has 0 N–H and O–H groups in total. The summed E-state index contributed by atoms with van der Waals surface area (Å²) in [6, 6.07) is 0.